The van der Waals surface area contributed by atoms with Gasteiger partial charge in [0, 0.05) is 0 Å². The number of hydrogen-bond acceptors (Lipinski definition) is 3. The lowest BCUT2D eigenvalue weighted by atomic mass is 10.5. The summed E-state index contributed by atoms with van der Waals surface area (Å²) in [6.07, 6.45) is 0.706. The van der Waals surface area contributed by atoms with Crippen LogP contribution < -0.4 is 11.5 Å². The molecule has 0 atom stereocenters. The van der Waals surface area contributed by atoms with E-state index in [0.717, 1.165) is 0 Å². The van der Waals surface area contributed by atoms with Crippen molar-refractivity contribution in [1.29, 1.82) is 0 Å². The van der Waals surface area contributed by atoms with Crippen LogP contribution in [-0.2, 0) is 14.2 Å². The van der Waals surface area contributed by atoms with Crippen molar-refractivity contribution in [3.05, 3.63) is 0 Å². The minimum atomic E-state index is -1.50. The third-order valence-corrected chi connectivity index (χ3v) is 2.66. The molecule has 5 nitrogen and oxygen atoms in total. The van der Waals surface area contributed by atoms with Gasteiger partial charge in [-0.1, -0.05) is 4.57 Å². The Balaban J connectivity index is 3.47. The molecule has 0 aliphatic carbocycles. The maximum absolute atomic E-state index is 11.0. The summed E-state index contributed by atoms with van der Waals surface area (Å²) in [5.74, 6) is -0.949. The molecule has 0 aromatic rings. The number of hydrogen-bond donors (Lipinski definition) is 2. The first kappa shape index (κ1) is 11.0. The van der Waals surface area contributed by atoms with Crippen molar-refractivity contribution in [1.82, 2.24) is 0 Å². The quantitative estimate of drug-likeness (QED) is 0.556. The maximum atomic E-state index is 11.0. The lowest BCUT2D eigenvalue weighted by Gasteiger charge is -1.86. The van der Waals surface area contributed by atoms with Crippen LogP contribution in [0.25, 0.3) is 0 Å². The van der Waals surface area contributed by atoms with Crippen LogP contribution in [0.4, 0.5) is 0 Å². The van der Waals surface area contributed by atoms with Gasteiger partial charge in [0.05, 0.1) is 12.8 Å². The second kappa shape index (κ2) is 5.66. The molecule has 0 saturated carbocycles. The lowest BCUT2D eigenvalue weighted by molar-refractivity contribution is -0.118. The van der Waals surface area contributed by atoms with Gasteiger partial charge < -0.3 is 11.5 Å². The van der Waals surface area contributed by atoms with Crippen LogP contribution in [-0.4, -0.2) is 24.1 Å². The van der Waals surface area contributed by atoms with E-state index in [2.05, 4.69) is 0 Å². The summed E-state index contributed by atoms with van der Waals surface area (Å²) in [6.45, 7) is 0. The largest absolute Gasteiger partial charge is 0.370 e. The molecule has 0 spiro atoms. The topological polar surface area (TPSA) is 103 Å². The highest BCUT2D eigenvalue weighted by atomic mass is 31.1. The molecule has 0 heterocycles. The third-order valence-electron chi connectivity index (χ3n) is 1.22. The van der Waals surface area contributed by atoms with E-state index in [-0.39, 0.29) is 25.2 Å². The van der Waals surface area contributed by atoms with Gasteiger partial charge in [-0.3, -0.25) is 9.59 Å². The van der Waals surface area contributed by atoms with Gasteiger partial charge in [0.25, 0.3) is 0 Å². The van der Waals surface area contributed by atoms with Crippen LogP contribution >= 0.6 is 7.80 Å². The molecule has 0 radical (unpaired) electrons. The van der Waals surface area contributed by atoms with Crippen molar-refractivity contribution in [3.63, 3.8) is 0 Å². The fourth-order valence-corrected chi connectivity index (χ4v) is 1.74. The number of carbonyl (C=O) groups excluding carboxylic acids is 2. The van der Waals surface area contributed by atoms with Gasteiger partial charge in [0.1, 0.15) is 0 Å². The van der Waals surface area contributed by atoms with Crippen LogP contribution in [0.5, 0.6) is 0 Å². The van der Waals surface area contributed by atoms with Crippen LogP contribution in [0, 0.1) is 0 Å². The fraction of sp³-hybridized carbons (Fsp3) is 0.667. The minimum Gasteiger partial charge on any atom is -0.370 e. The highest BCUT2D eigenvalue weighted by Crippen LogP contribution is 2.21. The second-order valence-corrected chi connectivity index (χ2v) is 4.22. The van der Waals surface area contributed by atoms with Crippen molar-refractivity contribution in [2.24, 2.45) is 11.5 Å². The van der Waals surface area contributed by atoms with Crippen LogP contribution in [0.1, 0.15) is 12.8 Å². The molecule has 12 heavy (non-hydrogen) atoms. The van der Waals surface area contributed by atoms with Crippen LogP contribution in [0.2, 0.25) is 0 Å². The fourth-order valence-electron chi connectivity index (χ4n) is 0.582. The zero-order valence-electron chi connectivity index (χ0n) is 6.66. The van der Waals surface area contributed by atoms with Gasteiger partial charge in [0.15, 0.2) is 12.3 Å². The standard InChI is InChI=1S/C6H11N2O3P/c7-5(9)1-3-12(11)4-2-6(8)10/h1-4H2,(H3-,7,8,9,10)/p+1. The molecule has 0 aromatic heterocycles. The van der Waals surface area contributed by atoms with Crippen molar-refractivity contribution < 1.29 is 14.2 Å². The molecule has 0 fully saturated rings. The Kier molecular flexibility index (Phi) is 5.21. The minimum absolute atomic E-state index is 0.105. The average molecular weight is 191 g/mol. The smallest absolute Gasteiger partial charge is 0.339 e. The Morgan fingerprint density at radius 2 is 1.33 bits per heavy atom. The first-order valence-corrected chi connectivity index (χ1v) is 5.14. The van der Waals surface area contributed by atoms with Crippen molar-refractivity contribution in [2.45, 2.75) is 12.8 Å². The summed E-state index contributed by atoms with van der Waals surface area (Å²) in [4.78, 5) is 20.5. The molecule has 6 heteroatoms. The van der Waals surface area contributed by atoms with E-state index in [1.54, 1.807) is 0 Å². The van der Waals surface area contributed by atoms with Gasteiger partial charge in [-0.25, -0.2) is 0 Å². The Morgan fingerprint density at radius 1 is 1.00 bits per heavy atom. The SMILES string of the molecule is NC(=O)CC[P+](=O)CCC(N)=O. The molecule has 0 rings (SSSR count). The maximum Gasteiger partial charge on any atom is 0.339 e. The second-order valence-electron chi connectivity index (χ2n) is 2.36. The normalized spacial score (nSPS) is 9.33. The van der Waals surface area contributed by atoms with E-state index in [4.69, 9.17) is 11.5 Å². The zero-order valence-corrected chi connectivity index (χ0v) is 7.55. The molecule has 0 bridgehead atoms. The van der Waals surface area contributed by atoms with E-state index >= 15 is 0 Å². The molecular formula is C6H12N2O3P+. The molecule has 0 unspecified atom stereocenters. The van der Waals surface area contributed by atoms with E-state index in [1.807, 2.05) is 0 Å². The van der Waals surface area contributed by atoms with E-state index in [1.165, 1.54) is 0 Å². The van der Waals surface area contributed by atoms with Gasteiger partial charge in [-0.2, -0.15) is 0 Å². The van der Waals surface area contributed by atoms with E-state index < -0.39 is 19.6 Å². The molecule has 0 aromatic carbocycles. The van der Waals surface area contributed by atoms with Crippen molar-refractivity contribution in [2.75, 3.05) is 12.3 Å². The number of amides is 2. The molecule has 2 amide bonds. The molecule has 0 aliphatic rings. The summed E-state index contributed by atoms with van der Waals surface area (Å²) in [5, 5.41) is 0. The van der Waals surface area contributed by atoms with Crippen LogP contribution in [0.15, 0.2) is 0 Å². The third kappa shape index (κ3) is 7.15. The Labute approximate surface area is 71.3 Å². The predicted octanol–water partition coefficient (Wildman–Crippen LogP) is -0.435. The first-order chi connectivity index (χ1) is 5.52. The van der Waals surface area contributed by atoms with Gasteiger partial charge in [-0.05, 0) is 0 Å². The molecule has 68 valence electrons. The van der Waals surface area contributed by atoms with Crippen LogP contribution in [0.3, 0.4) is 0 Å². The number of nitrogens with two attached hydrogens (primary N) is 2. The molecule has 0 aliphatic heterocycles. The molecule has 4 N–H and O–H groups in total. The number of carbonyl (C=O) groups is 2. The summed E-state index contributed by atoms with van der Waals surface area (Å²) in [6, 6.07) is 0. The lowest BCUT2D eigenvalue weighted by Crippen LogP contribution is -2.13. The van der Waals surface area contributed by atoms with Crippen molar-refractivity contribution in [3.8, 4) is 0 Å². The predicted molar refractivity (Wildman–Crippen MR) is 45.0 cm³/mol. The number of primary amides is 2. The van der Waals surface area contributed by atoms with Gasteiger partial charge in [-0.15, -0.1) is 0 Å². The summed E-state index contributed by atoms with van der Waals surface area (Å²) in [7, 11) is -1.50. The highest BCUT2D eigenvalue weighted by Gasteiger charge is 2.16. The van der Waals surface area contributed by atoms with E-state index in [0.29, 0.717) is 0 Å². The Hall–Kier alpha value is -0.960. The highest BCUT2D eigenvalue weighted by molar-refractivity contribution is 7.44. The Bertz CT molecular complexity index is 185. The Morgan fingerprint density at radius 3 is 1.58 bits per heavy atom. The van der Waals surface area contributed by atoms with Gasteiger partial charge in [0.2, 0.25) is 11.8 Å². The zero-order chi connectivity index (χ0) is 9.56. The van der Waals surface area contributed by atoms with Crippen molar-refractivity contribution >= 4 is 19.6 Å². The molecule has 0 saturated heterocycles. The van der Waals surface area contributed by atoms with E-state index in [9.17, 15) is 14.2 Å². The summed E-state index contributed by atoms with van der Waals surface area (Å²) >= 11 is 0. The monoisotopic (exact) mass is 191 g/mol. The average Bonchev–Trinajstić information content (AvgIpc) is 1.96. The summed E-state index contributed by atoms with van der Waals surface area (Å²) in [5.41, 5.74) is 9.68. The first-order valence-electron chi connectivity index (χ1n) is 3.51. The van der Waals surface area contributed by atoms with Gasteiger partial charge >= 0.3 is 7.80 Å². The molecular weight excluding hydrogens is 179 g/mol. The number of rotatable bonds is 6. The summed E-state index contributed by atoms with van der Waals surface area (Å²) < 4.78 is 11.0.